The van der Waals surface area contributed by atoms with Crippen molar-refractivity contribution in [1.29, 1.82) is 0 Å². The topological polar surface area (TPSA) is 100 Å². The molecule has 0 aliphatic heterocycles. The molecule has 0 aliphatic rings. The number of hydrogen-bond acceptors (Lipinski definition) is 6. The van der Waals surface area contributed by atoms with Crippen molar-refractivity contribution in [2.24, 2.45) is 0 Å². The van der Waals surface area contributed by atoms with Gasteiger partial charge in [0.1, 0.15) is 10.9 Å². The number of aromatic nitrogens is 1. The van der Waals surface area contributed by atoms with Gasteiger partial charge in [-0.25, -0.2) is 4.98 Å². The molecule has 6 aromatic rings. The second-order valence-electron chi connectivity index (χ2n) is 10.9. The number of nitrogens with zero attached hydrogens (tertiary/aromatic N) is 1. The van der Waals surface area contributed by atoms with Crippen LogP contribution in [0.25, 0.3) is 17.3 Å². The number of amides is 3. The fourth-order valence-electron chi connectivity index (χ4n) is 4.90. The summed E-state index contributed by atoms with van der Waals surface area (Å²) in [4.78, 5) is 45.9. The summed E-state index contributed by atoms with van der Waals surface area (Å²) < 4.78 is 0. The lowest BCUT2D eigenvalue weighted by atomic mass is 10.1. The molecule has 0 radical (unpaired) electrons. The van der Waals surface area contributed by atoms with E-state index in [4.69, 9.17) is 34.8 Å². The number of hydrogen-bond donors (Lipinski definition) is 3. The number of thiazole rings is 1. The first kappa shape index (κ1) is 35.9. The van der Waals surface area contributed by atoms with Gasteiger partial charge in [-0.2, -0.15) is 0 Å². The van der Waals surface area contributed by atoms with Gasteiger partial charge in [0.2, 0.25) is 5.91 Å². The fourth-order valence-corrected chi connectivity index (χ4v) is 7.39. The lowest BCUT2D eigenvalue weighted by Gasteiger charge is -2.17. The highest BCUT2D eigenvalue weighted by Crippen LogP contribution is 2.38. The third-order valence-corrected chi connectivity index (χ3v) is 10.3. The van der Waals surface area contributed by atoms with E-state index in [1.807, 2.05) is 41.8 Å². The van der Waals surface area contributed by atoms with Crippen LogP contribution >= 0.6 is 57.9 Å². The molecule has 0 bridgehead atoms. The zero-order chi connectivity index (χ0) is 35.7. The zero-order valence-electron chi connectivity index (χ0n) is 26.5. The van der Waals surface area contributed by atoms with Crippen molar-refractivity contribution in [1.82, 2.24) is 10.3 Å². The van der Waals surface area contributed by atoms with E-state index in [0.29, 0.717) is 48.3 Å². The Morgan fingerprint density at radius 2 is 1.47 bits per heavy atom. The van der Waals surface area contributed by atoms with Crippen molar-refractivity contribution in [3.05, 3.63) is 170 Å². The SMILES string of the molecule is O=C(Nc1cccc(SC(C(=O)Nc2nc(-c3ccc(Cl)cc3Cl)cs2)c2ccccc2)c1)/C(=C\c1ccccc1Cl)NC(=O)c1ccccc1. The summed E-state index contributed by atoms with van der Waals surface area (Å²) in [7, 11) is 0. The van der Waals surface area contributed by atoms with Gasteiger partial charge in [0, 0.05) is 37.1 Å². The predicted molar refractivity (Wildman–Crippen MR) is 210 cm³/mol. The van der Waals surface area contributed by atoms with Crippen molar-refractivity contribution in [3.8, 4) is 11.3 Å². The highest BCUT2D eigenvalue weighted by Gasteiger charge is 2.24. The second-order valence-corrected chi connectivity index (χ2v) is 14.2. The Hall–Kier alpha value is -4.90. The highest BCUT2D eigenvalue weighted by molar-refractivity contribution is 8.00. The first-order valence-corrected chi connectivity index (χ1v) is 18.3. The van der Waals surface area contributed by atoms with E-state index in [1.54, 1.807) is 91.0 Å². The third kappa shape index (κ3) is 9.46. The number of halogens is 3. The molecule has 3 N–H and O–H groups in total. The molecule has 0 aliphatic carbocycles. The molecular formula is C39H27Cl3N4O3S2. The van der Waals surface area contributed by atoms with Gasteiger partial charge >= 0.3 is 0 Å². The number of rotatable bonds is 11. The van der Waals surface area contributed by atoms with Gasteiger partial charge in [0.15, 0.2) is 5.13 Å². The van der Waals surface area contributed by atoms with Crippen LogP contribution in [0.4, 0.5) is 10.8 Å². The van der Waals surface area contributed by atoms with Gasteiger partial charge in [0.25, 0.3) is 11.8 Å². The molecular weight excluding hydrogens is 743 g/mol. The molecule has 0 fully saturated rings. The Morgan fingerprint density at radius 3 is 2.22 bits per heavy atom. The Bertz CT molecular complexity index is 2230. The Morgan fingerprint density at radius 1 is 0.745 bits per heavy atom. The summed E-state index contributed by atoms with van der Waals surface area (Å²) in [5.41, 5.74) is 3.51. The lowest BCUT2D eigenvalue weighted by molar-refractivity contribution is -0.116. The minimum absolute atomic E-state index is 0.000691. The van der Waals surface area contributed by atoms with Crippen LogP contribution in [0, 0.1) is 0 Å². The summed E-state index contributed by atoms with van der Waals surface area (Å²) in [5.74, 6) is -1.29. The number of carbonyl (C=O) groups excluding carboxylic acids is 3. The summed E-state index contributed by atoms with van der Waals surface area (Å²) >= 11 is 21.4. The largest absolute Gasteiger partial charge is 0.321 e. The smallest absolute Gasteiger partial charge is 0.272 e. The van der Waals surface area contributed by atoms with E-state index in [2.05, 4.69) is 20.9 Å². The Balaban J connectivity index is 1.22. The van der Waals surface area contributed by atoms with E-state index >= 15 is 0 Å². The molecule has 1 aromatic heterocycles. The summed E-state index contributed by atoms with van der Waals surface area (Å²) in [6, 6.07) is 37.3. The van der Waals surface area contributed by atoms with Crippen molar-refractivity contribution in [2.75, 3.05) is 10.6 Å². The molecule has 7 nitrogen and oxygen atoms in total. The van der Waals surface area contributed by atoms with Crippen LogP contribution < -0.4 is 16.0 Å². The number of carbonyl (C=O) groups is 3. The molecule has 0 saturated carbocycles. The molecule has 1 atom stereocenters. The molecule has 51 heavy (non-hydrogen) atoms. The average molecular weight is 770 g/mol. The van der Waals surface area contributed by atoms with Gasteiger partial charge in [-0.3, -0.25) is 14.4 Å². The minimum Gasteiger partial charge on any atom is -0.321 e. The maximum absolute atomic E-state index is 13.8. The van der Waals surface area contributed by atoms with E-state index in [-0.39, 0.29) is 11.6 Å². The maximum Gasteiger partial charge on any atom is 0.272 e. The van der Waals surface area contributed by atoms with Crippen molar-refractivity contribution in [3.63, 3.8) is 0 Å². The Kier molecular flexibility index (Phi) is 11.9. The molecule has 1 unspecified atom stereocenters. The number of thioether (sulfide) groups is 1. The summed E-state index contributed by atoms with van der Waals surface area (Å²) in [6.07, 6.45) is 1.53. The number of benzene rings is 5. The first-order valence-electron chi connectivity index (χ1n) is 15.4. The molecule has 12 heteroatoms. The lowest BCUT2D eigenvalue weighted by Crippen LogP contribution is -2.30. The quantitative estimate of drug-likeness (QED) is 0.0900. The van der Waals surface area contributed by atoms with E-state index < -0.39 is 17.1 Å². The minimum atomic E-state index is -0.663. The highest BCUT2D eigenvalue weighted by atomic mass is 35.5. The van der Waals surface area contributed by atoms with Crippen LogP contribution in [-0.2, 0) is 9.59 Å². The molecule has 5 aromatic carbocycles. The molecule has 3 amide bonds. The van der Waals surface area contributed by atoms with Gasteiger partial charge in [0.05, 0.1) is 10.7 Å². The van der Waals surface area contributed by atoms with Crippen LogP contribution in [0.15, 0.2) is 143 Å². The number of anilines is 2. The molecule has 6 rings (SSSR count). The summed E-state index contributed by atoms with van der Waals surface area (Å²) in [5, 5.41) is 11.5. The van der Waals surface area contributed by atoms with Crippen molar-refractivity contribution < 1.29 is 14.4 Å². The second kappa shape index (κ2) is 16.9. The van der Waals surface area contributed by atoms with Gasteiger partial charge in [-0.15, -0.1) is 23.1 Å². The predicted octanol–water partition coefficient (Wildman–Crippen LogP) is 10.7. The van der Waals surface area contributed by atoms with Crippen LogP contribution in [0.3, 0.4) is 0 Å². The van der Waals surface area contributed by atoms with Gasteiger partial charge in [-0.05, 0) is 71.8 Å². The maximum atomic E-state index is 13.8. The standard InChI is InChI=1S/C39H27Cl3N4O3S2/c40-27-18-19-30(32(42)21-27)34-23-50-39(45-34)46-38(49)35(24-10-3-1-4-11-24)51-29-16-9-15-28(22-29)43-37(48)33(20-26-14-7-8-17-31(26)41)44-36(47)25-12-5-2-6-13-25/h1-23,35H,(H,43,48)(H,44,47)(H,45,46,49)/b33-20+. The Labute approximate surface area is 317 Å². The van der Waals surface area contributed by atoms with E-state index in [9.17, 15) is 14.4 Å². The van der Waals surface area contributed by atoms with Crippen molar-refractivity contribution in [2.45, 2.75) is 10.1 Å². The first-order chi connectivity index (χ1) is 24.7. The fraction of sp³-hybridized carbons (Fsp3) is 0.0256. The average Bonchev–Trinajstić information content (AvgIpc) is 3.59. The monoisotopic (exact) mass is 768 g/mol. The number of nitrogens with one attached hydrogen (secondary N) is 3. The third-order valence-electron chi connectivity index (χ3n) is 7.36. The van der Waals surface area contributed by atoms with Crippen LogP contribution in [0.1, 0.15) is 26.7 Å². The van der Waals surface area contributed by atoms with E-state index in [1.165, 1.54) is 29.2 Å². The molecule has 0 saturated heterocycles. The van der Waals surface area contributed by atoms with E-state index in [0.717, 1.165) is 10.5 Å². The molecule has 0 spiro atoms. The van der Waals surface area contributed by atoms with Gasteiger partial charge < -0.3 is 16.0 Å². The molecule has 1 heterocycles. The van der Waals surface area contributed by atoms with Gasteiger partial charge in [-0.1, -0.05) is 108 Å². The van der Waals surface area contributed by atoms with Crippen LogP contribution in [0.5, 0.6) is 0 Å². The van der Waals surface area contributed by atoms with Crippen LogP contribution in [-0.4, -0.2) is 22.7 Å². The normalized spacial score (nSPS) is 11.8. The zero-order valence-corrected chi connectivity index (χ0v) is 30.4. The molecule has 254 valence electrons. The van der Waals surface area contributed by atoms with Crippen molar-refractivity contribution >= 4 is 92.5 Å². The summed E-state index contributed by atoms with van der Waals surface area (Å²) in [6.45, 7) is 0. The van der Waals surface area contributed by atoms with Crippen LogP contribution in [0.2, 0.25) is 15.1 Å².